The highest BCUT2D eigenvalue weighted by atomic mass is 32.2. The molecule has 1 fully saturated rings. The molecular formula is C21H32N2O5S. The van der Waals surface area contributed by atoms with E-state index in [1.807, 2.05) is 0 Å². The van der Waals surface area contributed by atoms with E-state index in [4.69, 9.17) is 4.74 Å². The lowest BCUT2D eigenvalue weighted by Gasteiger charge is -2.36. The SMILES string of the molecule is CC(C)S(=O)(=O)c1ccc(C(=O)N2CCCCC2CNC(=O)OC(C)(C)C)cc1. The highest BCUT2D eigenvalue weighted by Crippen LogP contribution is 2.22. The molecule has 1 aliphatic heterocycles. The monoisotopic (exact) mass is 424 g/mol. The average molecular weight is 425 g/mol. The van der Waals surface area contributed by atoms with Crippen LogP contribution < -0.4 is 5.32 Å². The van der Waals surface area contributed by atoms with Gasteiger partial charge >= 0.3 is 6.09 Å². The van der Waals surface area contributed by atoms with Gasteiger partial charge in [-0.05, 0) is 78.1 Å². The summed E-state index contributed by atoms with van der Waals surface area (Å²) >= 11 is 0. The van der Waals surface area contributed by atoms with E-state index in [1.165, 1.54) is 12.1 Å². The topological polar surface area (TPSA) is 92.8 Å². The van der Waals surface area contributed by atoms with Crippen LogP contribution in [0.2, 0.25) is 0 Å². The van der Waals surface area contributed by atoms with Crippen LogP contribution in [0.3, 0.4) is 0 Å². The highest BCUT2D eigenvalue weighted by molar-refractivity contribution is 7.92. The van der Waals surface area contributed by atoms with Crippen LogP contribution in [0.4, 0.5) is 4.79 Å². The number of carbonyl (C=O) groups is 2. The molecule has 1 heterocycles. The van der Waals surface area contributed by atoms with Gasteiger partial charge in [-0.25, -0.2) is 13.2 Å². The number of piperidine rings is 1. The fourth-order valence-electron chi connectivity index (χ4n) is 3.22. The van der Waals surface area contributed by atoms with E-state index in [9.17, 15) is 18.0 Å². The van der Waals surface area contributed by atoms with Crippen LogP contribution in [0.1, 0.15) is 64.2 Å². The lowest BCUT2D eigenvalue weighted by Crippen LogP contribution is -2.50. The molecule has 1 atom stereocenters. The Kier molecular flexibility index (Phi) is 7.32. The second-order valence-electron chi connectivity index (χ2n) is 8.65. The van der Waals surface area contributed by atoms with Crippen LogP contribution in [0.25, 0.3) is 0 Å². The molecule has 0 radical (unpaired) electrons. The summed E-state index contributed by atoms with van der Waals surface area (Å²) in [5.74, 6) is -0.158. The molecule has 1 aliphatic rings. The molecule has 1 aromatic carbocycles. The molecule has 8 heteroatoms. The number of amides is 2. The molecule has 1 N–H and O–H groups in total. The first-order chi connectivity index (χ1) is 13.4. The van der Waals surface area contributed by atoms with Gasteiger partial charge in [-0.2, -0.15) is 0 Å². The fourth-order valence-corrected chi connectivity index (χ4v) is 4.28. The molecule has 0 aliphatic carbocycles. The molecule has 1 saturated heterocycles. The van der Waals surface area contributed by atoms with Crippen LogP contribution >= 0.6 is 0 Å². The van der Waals surface area contributed by atoms with Gasteiger partial charge in [-0.1, -0.05) is 0 Å². The quantitative estimate of drug-likeness (QED) is 0.782. The number of alkyl carbamates (subject to hydrolysis) is 1. The van der Waals surface area contributed by atoms with E-state index >= 15 is 0 Å². The summed E-state index contributed by atoms with van der Waals surface area (Å²) in [4.78, 5) is 26.9. The van der Waals surface area contributed by atoms with Gasteiger partial charge in [0.25, 0.3) is 5.91 Å². The Balaban J connectivity index is 2.08. The Labute approximate surface area is 173 Å². The highest BCUT2D eigenvalue weighted by Gasteiger charge is 2.29. The minimum atomic E-state index is -3.37. The van der Waals surface area contributed by atoms with Crippen molar-refractivity contribution in [3.05, 3.63) is 29.8 Å². The lowest BCUT2D eigenvalue weighted by molar-refractivity contribution is 0.0462. The van der Waals surface area contributed by atoms with E-state index in [-0.39, 0.29) is 16.8 Å². The fraction of sp³-hybridized carbons (Fsp3) is 0.619. The molecule has 2 amide bonds. The van der Waals surface area contributed by atoms with Gasteiger partial charge in [0.2, 0.25) is 0 Å². The van der Waals surface area contributed by atoms with Crippen LogP contribution in [0, 0.1) is 0 Å². The van der Waals surface area contributed by atoms with Crippen LogP contribution in [0.15, 0.2) is 29.2 Å². The lowest BCUT2D eigenvalue weighted by atomic mass is 10.0. The minimum Gasteiger partial charge on any atom is -0.444 e. The maximum Gasteiger partial charge on any atom is 0.407 e. The minimum absolute atomic E-state index is 0.122. The van der Waals surface area contributed by atoms with E-state index in [1.54, 1.807) is 51.7 Å². The van der Waals surface area contributed by atoms with Gasteiger partial charge in [0.05, 0.1) is 10.1 Å². The smallest absolute Gasteiger partial charge is 0.407 e. The number of carbonyl (C=O) groups excluding carboxylic acids is 2. The zero-order valence-electron chi connectivity index (χ0n) is 17.9. The van der Waals surface area contributed by atoms with E-state index in [0.29, 0.717) is 18.7 Å². The summed E-state index contributed by atoms with van der Waals surface area (Å²) < 4.78 is 29.8. The van der Waals surface area contributed by atoms with Crippen molar-refractivity contribution in [2.75, 3.05) is 13.1 Å². The number of likely N-dealkylation sites (tertiary alicyclic amines) is 1. The molecule has 1 aromatic rings. The van der Waals surface area contributed by atoms with Crippen molar-refractivity contribution in [3.63, 3.8) is 0 Å². The van der Waals surface area contributed by atoms with Gasteiger partial charge in [-0.15, -0.1) is 0 Å². The second-order valence-corrected chi connectivity index (χ2v) is 11.2. The Hall–Kier alpha value is -2.09. The number of nitrogens with one attached hydrogen (secondary N) is 1. The number of hydrogen-bond acceptors (Lipinski definition) is 5. The molecule has 0 spiro atoms. The standard InChI is InChI=1S/C21H32N2O5S/c1-15(2)29(26,27)18-11-9-16(10-12-18)19(24)23-13-7-6-8-17(23)14-22-20(25)28-21(3,4)5/h9-12,15,17H,6-8,13-14H2,1-5H3,(H,22,25). The van der Waals surface area contributed by atoms with E-state index in [2.05, 4.69) is 5.32 Å². The zero-order chi connectivity index (χ0) is 21.8. The molecule has 0 saturated carbocycles. The van der Waals surface area contributed by atoms with Gasteiger partial charge in [-0.3, -0.25) is 4.79 Å². The first-order valence-corrected chi connectivity index (χ1v) is 11.6. The molecule has 162 valence electrons. The van der Waals surface area contributed by atoms with Crippen molar-refractivity contribution in [1.29, 1.82) is 0 Å². The Morgan fingerprint density at radius 1 is 1.17 bits per heavy atom. The number of sulfone groups is 1. The second kappa shape index (κ2) is 9.15. The van der Waals surface area contributed by atoms with E-state index < -0.39 is 26.8 Å². The van der Waals surface area contributed by atoms with Gasteiger partial charge in [0.15, 0.2) is 9.84 Å². The van der Waals surface area contributed by atoms with Crippen molar-refractivity contribution in [3.8, 4) is 0 Å². The van der Waals surface area contributed by atoms with Crippen molar-refractivity contribution < 1.29 is 22.7 Å². The maximum atomic E-state index is 13.0. The van der Waals surface area contributed by atoms with E-state index in [0.717, 1.165) is 19.3 Å². The number of ether oxygens (including phenoxy) is 1. The first-order valence-electron chi connectivity index (χ1n) is 10.0. The number of rotatable bonds is 5. The zero-order valence-corrected chi connectivity index (χ0v) is 18.7. The number of benzene rings is 1. The van der Waals surface area contributed by atoms with Crippen molar-refractivity contribution >= 4 is 21.8 Å². The largest absolute Gasteiger partial charge is 0.444 e. The molecule has 7 nitrogen and oxygen atoms in total. The third-order valence-electron chi connectivity index (χ3n) is 4.82. The molecule has 2 rings (SSSR count). The average Bonchev–Trinajstić information content (AvgIpc) is 2.64. The molecule has 0 aromatic heterocycles. The predicted octanol–water partition coefficient (Wildman–Crippen LogP) is 3.39. The Morgan fingerprint density at radius 3 is 2.34 bits per heavy atom. The summed E-state index contributed by atoms with van der Waals surface area (Å²) in [6, 6.07) is 5.97. The summed E-state index contributed by atoms with van der Waals surface area (Å²) in [5.41, 5.74) is -0.138. The van der Waals surface area contributed by atoms with Gasteiger partial charge in [0, 0.05) is 24.7 Å². The third-order valence-corrected chi connectivity index (χ3v) is 6.99. The first kappa shape index (κ1) is 23.2. The molecule has 0 bridgehead atoms. The Morgan fingerprint density at radius 2 is 1.79 bits per heavy atom. The summed E-state index contributed by atoms with van der Waals surface area (Å²) in [6.45, 7) is 9.57. The third kappa shape index (κ3) is 6.19. The van der Waals surface area contributed by atoms with Crippen molar-refractivity contribution in [2.24, 2.45) is 0 Å². The normalized spacial score (nSPS) is 17.9. The summed E-state index contributed by atoms with van der Waals surface area (Å²) in [5, 5.41) is 2.23. The van der Waals surface area contributed by atoms with Crippen LogP contribution in [-0.4, -0.2) is 55.3 Å². The molecule has 29 heavy (non-hydrogen) atoms. The summed E-state index contributed by atoms with van der Waals surface area (Å²) in [6.07, 6.45) is 2.17. The van der Waals surface area contributed by atoms with Crippen LogP contribution in [-0.2, 0) is 14.6 Å². The number of nitrogens with zero attached hydrogens (tertiary/aromatic N) is 1. The van der Waals surface area contributed by atoms with Gasteiger partial charge in [0.1, 0.15) is 5.60 Å². The van der Waals surface area contributed by atoms with Crippen LogP contribution in [0.5, 0.6) is 0 Å². The molecule has 1 unspecified atom stereocenters. The molecular weight excluding hydrogens is 392 g/mol. The van der Waals surface area contributed by atoms with Crippen molar-refractivity contribution in [1.82, 2.24) is 10.2 Å². The van der Waals surface area contributed by atoms with Gasteiger partial charge < -0.3 is 15.0 Å². The Bertz CT molecular complexity index is 826. The number of hydrogen-bond donors (Lipinski definition) is 1. The summed E-state index contributed by atoms with van der Waals surface area (Å²) in [7, 11) is -3.37. The predicted molar refractivity (Wildman–Crippen MR) is 112 cm³/mol. The van der Waals surface area contributed by atoms with Crippen molar-refractivity contribution in [2.45, 2.75) is 75.7 Å². The maximum absolute atomic E-state index is 13.0.